The summed E-state index contributed by atoms with van der Waals surface area (Å²) in [6.07, 6.45) is 0.506. The molecule has 0 aliphatic carbocycles. The van der Waals surface area contributed by atoms with Crippen LogP contribution in [0.4, 0.5) is 0 Å². The Balaban J connectivity index is 2.69. The minimum Gasteiger partial charge on any atom is -0.324 e. The normalized spacial score (nSPS) is 24.3. The summed E-state index contributed by atoms with van der Waals surface area (Å²) in [6, 6.07) is 4.98. The van der Waals surface area contributed by atoms with Crippen LogP contribution in [-0.4, -0.2) is 14.2 Å². The Bertz CT molecular complexity index is 470. The summed E-state index contributed by atoms with van der Waals surface area (Å²) in [7, 11) is -3.09. The van der Waals surface area contributed by atoms with Crippen LogP contribution in [0, 0.1) is 0 Å². The predicted octanol–water partition coefficient (Wildman–Crippen LogP) is 1.63. The second kappa shape index (κ2) is 3.32. The van der Waals surface area contributed by atoms with Crippen LogP contribution in [0.3, 0.4) is 0 Å². The van der Waals surface area contributed by atoms with Gasteiger partial charge in [0.1, 0.15) is 0 Å². The first kappa shape index (κ1) is 10.1. The maximum atomic E-state index is 11.7. The van der Waals surface area contributed by atoms with Gasteiger partial charge in [0, 0.05) is 10.5 Å². The molecular weight excluding hydrogens is 266 g/mol. The SMILES string of the molecule is N[C@H]1CCS(=O)(=O)c2ccc(Br)cc21. The molecule has 0 saturated heterocycles. The molecule has 0 bridgehead atoms. The van der Waals surface area contributed by atoms with Gasteiger partial charge in [-0.2, -0.15) is 0 Å². The van der Waals surface area contributed by atoms with Crippen LogP contribution in [0.15, 0.2) is 27.6 Å². The molecule has 0 spiro atoms. The average Bonchev–Trinajstić information content (AvgIpc) is 2.12. The van der Waals surface area contributed by atoms with E-state index in [9.17, 15) is 8.42 Å². The number of hydrogen-bond acceptors (Lipinski definition) is 3. The predicted molar refractivity (Wildman–Crippen MR) is 57.7 cm³/mol. The Hall–Kier alpha value is -0.390. The molecular formula is C9H10BrNO2S. The van der Waals surface area contributed by atoms with Crippen molar-refractivity contribution in [2.75, 3.05) is 5.75 Å². The molecule has 2 N–H and O–H groups in total. The first-order chi connectivity index (χ1) is 6.50. The first-order valence-corrected chi connectivity index (χ1v) is 6.73. The Morgan fingerprint density at radius 2 is 2.14 bits per heavy atom. The molecule has 0 radical (unpaired) electrons. The zero-order chi connectivity index (χ0) is 10.3. The second-order valence-corrected chi connectivity index (χ2v) is 6.39. The molecule has 2 rings (SSSR count). The molecule has 76 valence electrons. The molecule has 1 atom stereocenters. The number of sulfone groups is 1. The third-order valence-electron chi connectivity index (χ3n) is 2.40. The van der Waals surface area contributed by atoms with Crippen molar-refractivity contribution in [1.82, 2.24) is 0 Å². The highest BCUT2D eigenvalue weighted by molar-refractivity contribution is 9.10. The van der Waals surface area contributed by atoms with Crippen molar-refractivity contribution < 1.29 is 8.42 Å². The van der Waals surface area contributed by atoms with E-state index < -0.39 is 9.84 Å². The highest BCUT2D eigenvalue weighted by Gasteiger charge is 2.28. The molecule has 1 aliphatic heterocycles. The molecule has 0 aromatic heterocycles. The van der Waals surface area contributed by atoms with E-state index in [-0.39, 0.29) is 11.8 Å². The molecule has 1 aliphatic rings. The Morgan fingerprint density at radius 1 is 1.43 bits per heavy atom. The zero-order valence-electron chi connectivity index (χ0n) is 7.40. The van der Waals surface area contributed by atoms with Gasteiger partial charge in [-0.3, -0.25) is 0 Å². The molecule has 1 heterocycles. The smallest absolute Gasteiger partial charge is 0.178 e. The Kier molecular flexibility index (Phi) is 2.41. The van der Waals surface area contributed by atoms with E-state index in [0.717, 1.165) is 10.0 Å². The fourth-order valence-electron chi connectivity index (χ4n) is 1.64. The van der Waals surface area contributed by atoms with Gasteiger partial charge in [0.05, 0.1) is 10.6 Å². The van der Waals surface area contributed by atoms with E-state index in [1.165, 1.54) is 0 Å². The average molecular weight is 276 g/mol. The number of benzene rings is 1. The van der Waals surface area contributed by atoms with E-state index in [1.54, 1.807) is 18.2 Å². The van der Waals surface area contributed by atoms with E-state index >= 15 is 0 Å². The zero-order valence-corrected chi connectivity index (χ0v) is 9.81. The van der Waals surface area contributed by atoms with Crippen molar-refractivity contribution in [2.24, 2.45) is 5.73 Å². The van der Waals surface area contributed by atoms with Crippen LogP contribution in [0.5, 0.6) is 0 Å². The summed E-state index contributed by atoms with van der Waals surface area (Å²) in [5.41, 5.74) is 6.58. The van der Waals surface area contributed by atoms with Gasteiger partial charge in [-0.05, 0) is 30.2 Å². The topological polar surface area (TPSA) is 60.2 Å². The summed E-state index contributed by atoms with van der Waals surface area (Å²) in [6.45, 7) is 0. The Labute approximate surface area is 91.4 Å². The van der Waals surface area contributed by atoms with Gasteiger partial charge in [-0.25, -0.2) is 8.42 Å². The monoisotopic (exact) mass is 275 g/mol. The molecule has 14 heavy (non-hydrogen) atoms. The molecule has 1 aromatic rings. The number of nitrogens with two attached hydrogens (primary N) is 1. The summed E-state index contributed by atoms with van der Waals surface area (Å²) < 4.78 is 24.2. The summed E-state index contributed by atoms with van der Waals surface area (Å²) >= 11 is 3.31. The molecule has 0 fully saturated rings. The van der Waals surface area contributed by atoms with E-state index in [2.05, 4.69) is 15.9 Å². The van der Waals surface area contributed by atoms with Crippen LogP contribution in [0.1, 0.15) is 18.0 Å². The minimum absolute atomic E-state index is 0.156. The number of halogens is 1. The van der Waals surface area contributed by atoms with Crippen LogP contribution in [-0.2, 0) is 9.84 Å². The van der Waals surface area contributed by atoms with Gasteiger partial charge in [0.15, 0.2) is 9.84 Å². The lowest BCUT2D eigenvalue weighted by Crippen LogP contribution is -2.24. The lowest BCUT2D eigenvalue weighted by Gasteiger charge is -2.22. The molecule has 0 unspecified atom stereocenters. The Morgan fingerprint density at radius 3 is 2.86 bits per heavy atom. The van der Waals surface area contributed by atoms with Gasteiger partial charge in [-0.1, -0.05) is 15.9 Å². The van der Waals surface area contributed by atoms with Gasteiger partial charge in [0.2, 0.25) is 0 Å². The van der Waals surface area contributed by atoms with Gasteiger partial charge >= 0.3 is 0 Å². The van der Waals surface area contributed by atoms with Crippen LogP contribution >= 0.6 is 15.9 Å². The van der Waals surface area contributed by atoms with E-state index in [1.807, 2.05) is 0 Å². The lowest BCUT2D eigenvalue weighted by atomic mass is 10.1. The van der Waals surface area contributed by atoms with Crippen LogP contribution in [0.25, 0.3) is 0 Å². The van der Waals surface area contributed by atoms with Crippen molar-refractivity contribution in [2.45, 2.75) is 17.4 Å². The highest BCUT2D eigenvalue weighted by Crippen LogP contribution is 2.32. The fraction of sp³-hybridized carbons (Fsp3) is 0.333. The number of hydrogen-bond donors (Lipinski definition) is 1. The quantitative estimate of drug-likeness (QED) is 0.783. The van der Waals surface area contributed by atoms with E-state index in [0.29, 0.717) is 11.3 Å². The lowest BCUT2D eigenvalue weighted by molar-refractivity contribution is 0.568. The standard InChI is InChI=1S/C9H10BrNO2S/c10-6-1-2-9-7(5-6)8(11)3-4-14(9,12)13/h1-2,5,8H,3-4,11H2/t8-/m0/s1. The third kappa shape index (κ3) is 1.60. The van der Waals surface area contributed by atoms with Crippen molar-refractivity contribution in [3.63, 3.8) is 0 Å². The van der Waals surface area contributed by atoms with E-state index in [4.69, 9.17) is 5.73 Å². The molecule has 1 aromatic carbocycles. The third-order valence-corrected chi connectivity index (χ3v) is 4.71. The minimum atomic E-state index is -3.09. The largest absolute Gasteiger partial charge is 0.324 e. The van der Waals surface area contributed by atoms with Crippen molar-refractivity contribution in [3.8, 4) is 0 Å². The summed E-state index contributed by atoms with van der Waals surface area (Å²) in [5.74, 6) is 0.156. The molecule has 0 amide bonds. The van der Waals surface area contributed by atoms with Crippen molar-refractivity contribution in [3.05, 3.63) is 28.2 Å². The van der Waals surface area contributed by atoms with Crippen molar-refractivity contribution in [1.29, 1.82) is 0 Å². The summed E-state index contributed by atoms with van der Waals surface area (Å²) in [5, 5.41) is 0. The maximum Gasteiger partial charge on any atom is 0.178 e. The van der Waals surface area contributed by atoms with Crippen LogP contribution in [0.2, 0.25) is 0 Å². The number of fused-ring (bicyclic) bond motifs is 1. The second-order valence-electron chi connectivity index (χ2n) is 3.40. The number of rotatable bonds is 0. The maximum absolute atomic E-state index is 11.7. The first-order valence-electron chi connectivity index (χ1n) is 4.28. The molecule has 3 nitrogen and oxygen atoms in total. The van der Waals surface area contributed by atoms with Gasteiger partial charge in [-0.15, -0.1) is 0 Å². The van der Waals surface area contributed by atoms with Crippen molar-refractivity contribution >= 4 is 25.8 Å². The summed E-state index contributed by atoms with van der Waals surface area (Å²) in [4.78, 5) is 0.388. The van der Waals surface area contributed by atoms with Crippen LogP contribution < -0.4 is 5.73 Å². The highest BCUT2D eigenvalue weighted by atomic mass is 79.9. The van der Waals surface area contributed by atoms with Gasteiger partial charge < -0.3 is 5.73 Å². The molecule has 5 heteroatoms. The molecule has 0 saturated carbocycles. The van der Waals surface area contributed by atoms with Gasteiger partial charge in [0.25, 0.3) is 0 Å². The fourth-order valence-corrected chi connectivity index (χ4v) is 3.65.